The summed E-state index contributed by atoms with van der Waals surface area (Å²) in [6, 6.07) is 0.177. The number of carboxylic acid groups (broad SMARTS) is 1. The maximum atomic E-state index is 10.7. The van der Waals surface area contributed by atoms with E-state index in [1.807, 2.05) is 0 Å². The van der Waals surface area contributed by atoms with Crippen molar-refractivity contribution in [2.24, 2.45) is 5.41 Å². The van der Waals surface area contributed by atoms with Crippen LogP contribution in [0.4, 0.5) is 4.79 Å². The summed E-state index contributed by atoms with van der Waals surface area (Å²) >= 11 is 5.54. The minimum absolute atomic E-state index is 0.0728. The molecule has 4 heteroatoms. The number of nitrogens with zero attached hydrogens (tertiary/aromatic N) is 1. The van der Waals surface area contributed by atoms with Gasteiger partial charge in [0.15, 0.2) is 0 Å². The molecule has 0 aromatic rings. The van der Waals surface area contributed by atoms with Crippen LogP contribution in [-0.2, 0) is 0 Å². The number of halogens is 1. The minimum Gasteiger partial charge on any atom is -0.465 e. The van der Waals surface area contributed by atoms with E-state index >= 15 is 0 Å². The van der Waals surface area contributed by atoms with E-state index in [4.69, 9.17) is 16.7 Å². The zero-order valence-electron chi connectivity index (χ0n) is 7.38. The molecule has 0 bridgehead atoms. The summed E-state index contributed by atoms with van der Waals surface area (Å²) in [5.41, 5.74) is 0.104. The van der Waals surface area contributed by atoms with Crippen LogP contribution in [0.1, 0.15) is 26.7 Å². The van der Waals surface area contributed by atoms with Crippen molar-refractivity contribution in [1.29, 1.82) is 0 Å². The van der Waals surface area contributed by atoms with Gasteiger partial charge in [0.05, 0.1) is 6.00 Å². The molecular formula is C8H14ClNO2. The van der Waals surface area contributed by atoms with E-state index in [2.05, 4.69) is 13.8 Å². The standard InChI is InChI=1S/C8H14ClNO2/c1-8(2)4-3-6(8)10(5-9)7(11)12/h6H,3-5H2,1-2H3,(H,11,12). The van der Waals surface area contributed by atoms with E-state index in [-0.39, 0.29) is 17.5 Å². The molecule has 3 nitrogen and oxygen atoms in total. The Bertz CT molecular complexity index is 193. The van der Waals surface area contributed by atoms with Crippen molar-refractivity contribution in [2.75, 3.05) is 6.00 Å². The Morgan fingerprint density at radius 2 is 2.33 bits per heavy atom. The van der Waals surface area contributed by atoms with Crippen LogP contribution in [0, 0.1) is 5.41 Å². The van der Waals surface area contributed by atoms with Gasteiger partial charge in [0, 0.05) is 6.04 Å². The van der Waals surface area contributed by atoms with Crippen LogP contribution in [0.2, 0.25) is 0 Å². The third-order valence-electron chi connectivity index (χ3n) is 2.71. The van der Waals surface area contributed by atoms with Crippen molar-refractivity contribution < 1.29 is 9.90 Å². The van der Waals surface area contributed by atoms with Crippen LogP contribution in [0.25, 0.3) is 0 Å². The number of hydrogen-bond donors (Lipinski definition) is 1. The Morgan fingerprint density at radius 3 is 2.42 bits per heavy atom. The van der Waals surface area contributed by atoms with E-state index < -0.39 is 6.09 Å². The second-order valence-electron chi connectivity index (χ2n) is 3.91. The van der Waals surface area contributed by atoms with Crippen LogP contribution in [0.3, 0.4) is 0 Å². The molecule has 1 aliphatic rings. The Labute approximate surface area is 77.3 Å². The molecule has 1 N–H and O–H groups in total. The maximum absolute atomic E-state index is 10.7. The normalized spacial score (nSPS) is 26.1. The second-order valence-corrected chi connectivity index (χ2v) is 4.15. The lowest BCUT2D eigenvalue weighted by molar-refractivity contribution is 0.0170. The van der Waals surface area contributed by atoms with Crippen molar-refractivity contribution in [1.82, 2.24) is 4.90 Å². The largest absolute Gasteiger partial charge is 0.465 e. The topological polar surface area (TPSA) is 40.5 Å². The lowest BCUT2D eigenvalue weighted by Crippen LogP contribution is -2.53. The van der Waals surface area contributed by atoms with Crippen molar-refractivity contribution in [3.8, 4) is 0 Å². The smallest absolute Gasteiger partial charge is 0.408 e. The molecule has 0 aromatic carbocycles. The molecule has 0 saturated heterocycles. The number of rotatable bonds is 2. The molecule has 0 aliphatic heterocycles. The van der Waals surface area contributed by atoms with E-state index in [0.29, 0.717) is 0 Å². The molecule has 1 aliphatic carbocycles. The van der Waals surface area contributed by atoms with Crippen molar-refractivity contribution in [2.45, 2.75) is 32.7 Å². The minimum atomic E-state index is -0.914. The highest BCUT2D eigenvalue weighted by Crippen LogP contribution is 2.43. The van der Waals surface area contributed by atoms with Crippen molar-refractivity contribution >= 4 is 17.7 Å². The molecule has 1 unspecified atom stereocenters. The van der Waals surface area contributed by atoms with Gasteiger partial charge in [0.1, 0.15) is 0 Å². The quantitative estimate of drug-likeness (QED) is 0.538. The molecule has 70 valence electrons. The third-order valence-corrected chi connectivity index (χ3v) is 2.97. The summed E-state index contributed by atoms with van der Waals surface area (Å²) < 4.78 is 0. The molecule has 0 spiro atoms. The average Bonchev–Trinajstić information content (AvgIpc) is 1.97. The van der Waals surface area contributed by atoms with Gasteiger partial charge in [-0.25, -0.2) is 4.79 Å². The molecule has 1 saturated carbocycles. The molecule has 1 rings (SSSR count). The molecule has 12 heavy (non-hydrogen) atoms. The predicted molar refractivity (Wildman–Crippen MR) is 47.4 cm³/mol. The second kappa shape index (κ2) is 3.13. The van der Waals surface area contributed by atoms with Gasteiger partial charge < -0.3 is 5.11 Å². The first kappa shape index (κ1) is 9.65. The Balaban J connectivity index is 2.62. The summed E-state index contributed by atoms with van der Waals surface area (Å²) in [5, 5.41) is 8.78. The molecule has 1 amide bonds. The summed E-state index contributed by atoms with van der Waals surface area (Å²) in [5.74, 6) is 0. The zero-order chi connectivity index (χ0) is 9.35. The van der Waals surface area contributed by atoms with Crippen LogP contribution >= 0.6 is 11.6 Å². The van der Waals surface area contributed by atoms with Gasteiger partial charge in [-0.15, -0.1) is 11.6 Å². The van der Waals surface area contributed by atoms with Crippen LogP contribution in [0.5, 0.6) is 0 Å². The Morgan fingerprint density at radius 1 is 1.75 bits per heavy atom. The summed E-state index contributed by atoms with van der Waals surface area (Å²) in [6.07, 6.45) is 1.10. The van der Waals surface area contributed by atoms with E-state index in [9.17, 15) is 4.79 Å². The number of carbonyl (C=O) groups is 1. The van der Waals surface area contributed by atoms with Gasteiger partial charge in [0.2, 0.25) is 0 Å². The molecule has 1 fully saturated rings. The van der Waals surface area contributed by atoms with E-state index in [1.54, 1.807) is 0 Å². The molecule has 1 atom stereocenters. The lowest BCUT2D eigenvalue weighted by atomic mass is 9.67. The first-order valence-electron chi connectivity index (χ1n) is 4.04. The summed E-state index contributed by atoms with van der Waals surface area (Å²) in [4.78, 5) is 12.0. The Hall–Kier alpha value is -0.440. The van der Waals surface area contributed by atoms with Gasteiger partial charge in [-0.05, 0) is 18.3 Å². The van der Waals surface area contributed by atoms with Crippen molar-refractivity contribution in [3.63, 3.8) is 0 Å². The van der Waals surface area contributed by atoms with Crippen LogP contribution in [-0.4, -0.2) is 28.1 Å². The maximum Gasteiger partial charge on any atom is 0.408 e. The SMILES string of the molecule is CC1(C)CCC1N(CCl)C(=O)O. The fraction of sp³-hybridized carbons (Fsp3) is 0.875. The zero-order valence-corrected chi connectivity index (χ0v) is 8.14. The van der Waals surface area contributed by atoms with Gasteiger partial charge in [-0.1, -0.05) is 13.8 Å². The first-order valence-corrected chi connectivity index (χ1v) is 4.58. The fourth-order valence-electron chi connectivity index (χ4n) is 1.70. The predicted octanol–water partition coefficient (Wildman–Crippen LogP) is 2.35. The van der Waals surface area contributed by atoms with E-state index in [0.717, 1.165) is 12.8 Å². The van der Waals surface area contributed by atoms with E-state index in [1.165, 1.54) is 4.90 Å². The van der Waals surface area contributed by atoms with Gasteiger partial charge in [-0.3, -0.25) is 4.90 Å². The van der Waals surface area contributed by atoms with Crippen LogP contribution in [0.15, 0.2) is 0 Å². The van der Waals surface area contributed by atoms with Gasteiger partial charge in [0.25, 0.3) is 0 Å². The number of alkyl halides is 1. The summed E-state index contributed by atoms with van der Waals surface area (Å²) in [7, 11) is 0. The highest BCUT2D eigenvalue weighted by atomic mass is 35.5. The first-order chi connectivity index (χ1) is 5.49. The summed E-state index contributed by atoms with van der Waals surface area (Å²) in [6.45, 7) is 4.15. The fourth-order valence-corrected chi connectivity index (χ4v) is 1.97. The third kappa shape index (κ3) is 1.51. The highest BCUT2D eigenvalue weighted by molar-refractivity contribution is 6.18. The average molecular weight is 192 g/mol. The Kier molecular flexibility index (Phi) is 2.52. The monoisotopic (exact) mass is 191 g/mol. The van der Waals surface area contributed by atoms with Crippen LogP contribution < -0.4 is 0 Å². The molecule has 0 heterocycles. The number of amides is 1. The molecular weight excluding hydrogens is 178 g/mol. The molecule has 0 radical (unpaired) electrons. The highest BCUT2D eigenvalue weighted by Gasteiger charge is 2.43. The van der Waals surface area contributed by atoms with Crippen molar-refractivity contribution in [3.05, 3.63) is 0 Å². The number of hydrogen-bond acceptors (Lipinski definition) is 1. The van der Waals surface area contributed by atoms with Gasteiger partial charge in [-0.2, -0.15) is 0 Å². The lowest BCUT2D eigenvalue weighted by Gasteiger charge is -2.48. The van der Waals surface area contributed by atoms with Gasteiger partial charge >= 0.3 is 6.09 Å². The molecule has 0 aromatic heterocycles.